The number of hydrogen-bond donors (Lipinski definition) is 2. The first-order valence-electron chi connectivity index (χ1n) is 6.36. The van der Waals surface area contributed by atoms with E-state index in [1.165, 1.54) is 12.4 Å². The number of carbonyl (C=O) groups is 1. The van der Waals surface area contributed by atoms with Crippen LogP contribution in [0.5, 0.6) is 0 Å². The molecule has 0 aromatic carbocycles. The van der Waals surface area contributed by atoms with Crippen LogP contribution in [0, 0.1) is 6.92 Å². The Morgan fingerprint density at radius 3 is 2.90 bits per heavy atom. The van der Waals surface area contributed by atoms with Gasteiger partial charge in [0.25, 0.3) is 0 Å². The van der Waals surface area contributed by atoms with E-state index in [4.69, 9.17) is 5.11 Å². The summed E-state index contributed by atoms with van der Waals surface area (Å²) in [5.74, 6) is -0.206. The normalized spacial score (nSPS) is 10.7. The Bertz CT molecular complexity index is 795. The van der Waals surface area contributed by atoms with E-state index < -0.39 is 5.97 Å². The molecule has 0 saturated heterocycles. The smallest absolute Gasteiger partial charge is 0.354 e. The van der Waals surface area contributed by atoms with Crippen molar-refractivity contribution >= 4 is 17.4 Å². The van der Waals surface area contributed by atoms with Gasteiger partial charge in [-0.1, -0.05) is 6.07 Å². The van der Waals surface area contributed by atoms with Crippen LogP contribution < -0.4 is 5.32 Å². The third-order valence-electron chi connectivity index (χ3n) is 3.04. The second-order valence-electron chi connectivity index (χ2n) is 4.66. The molecule has 0 amide bonds. The summed E-state index contributed by atoms with van der Waals surface area (Å²) in [5, 5.41) is 16.2. The van der Waals surface area contributed by atoms with Crippen molar-refractivity contribution in [3.05, 3.63) is 53.6 Å². The zero-order valence-electron chi connectivity index (χ0n) is 11.3. The van der Waals surface area contributed by atoms with E-state index in [-0.39, 0.29) is 5.69 Å². The fourth-order valence-corrected chi connectivity index (χ4v) is 2.03. The number of hydrogen-bond acceptors (Lipinski definition) is 5. The van der Waals surface area contributed by atoms with E-state index in [0.29, 0.717) is 6.54 Å². The molecule has 0 aliphatic carbocycles. The molecule has 0 bridgehead atoms. The van der Waals surface area contributed by atoms with Gasteiger partial charge in [-0.15, -0.1) is 0 Å². The van der Waals surface area contributed by atoms with Gasteiger partial charge in [-0.2, -0.15) is 9.61 Å². The van der Waals surface area contributed by atoms with Crippen LogP contribution >= 0.6 is 0 Å². The first-order valence-corrected chi connectivity index (χ1v) is 6.36. The standard InChI is InChI=1S/C14H13N5O2/c1-9-4-12(19-13(5-9)17-8-18-19)16-7-10-2-3-11(14(20)21)15-6-10/h2-6,8,16H,7H2,1H3,(H,20,21). The number of carboxylic acids is 1. The van der Waals surface area contributed by atoms with Gasteiger partial charge in [-0.25, -0.2) is 14.8 Å². The lowest BCUT2D eigenvalue weighted by Gasteiger charge is -2.09. The van der Waals surface area contributed by atoms with Gasteiger partial charge in [0, 0.05) is 12.7 Å². The Kier molecular flexibility index (Phi) is 3.23. The molecule has 0 aliphatic heterocycles. The van der Waals surface area contributed by atoms with Gasteiger partial charge < -0.3 is 10.4 Å². The van der Waals surface area contributed by atoms with Crippen molar-refractivity contribution in [2.24, 2.45) is 0 Å². The van der Waals surface area contributed by atoms with E-state index in [0.717, 1.165) is 22.6 Å². The summed E-state index contributed by atoms with van der Waals surface area (Å²) in [6.45, 7) is 2.51. The number of rotatable bonds is 4. The van der Waals surface area contributed by atoms with E-state index in [9.17, 15) is 4.79 Å². The average molecular weight is 283 g/mol. The quantitative estimate of drug-likeness (QED) is 0.757. The van der Waals surface area contributed by atoms with Crippen molar-refractivity contribution in [3.63, 3.8) is 0 Å². The molecule has 0 radical (unpaired) electrons. The number of nitrogens with one attached hydrogen (secondary N) is 1. The summed E-state index contributed by atoms with van der Waals surface area (Å²) in [6, 6.07) is 7.14. The molecule has 0 fully saturated rings. The highest BCUT2D eigenvalue weighted by Crippen LogP contribution is 2.14. The zero-order valence-corrected chi connectivity index (χ0v) is 11.3. The number of aromatic carboxylic acids is 1. The summed E-state index contributed by atoms with van der Waals surface area (Å²) < 4.78 is 1.71. The van der Waals surface area contributed by atoms with Crippen molar-refractivity contribution in [1.29, 1.82) is 0 Å². The lowest BCUT2D eigenvalue weighted by atomic mass is 10.2. The Hall–Kier alpha value is -2.96. The van der Waals surface area contributed by atoms with Crippen LogP contribution in [0.1, 0.15) is 21.6 Å². The van der Waals surface area contributed by atoms with Crippen molar-refractivity contribution in [1.82, 2.24) is 19.6 Å². The second-order valence-corrected chi connectivity index (χ2v) is 4.66. The van der Waals surface area contributed by atoms with Crippen LogP contribution in [-0.4, -0.2) is 30.7 Å². The van der Waals surface area contributed by atoms with Crippen LogP contribution in [0.3, 0.4) is 0 Å². The predicted molar refractivity (Wildman–Crippen MR) is 76.2 cm³/mol. The molecule has 0 unspecified atom stereocenters. The topological polar surface area (TPSA) is 92.4 Å². The van der Waals surface area contributed by atoms with E-state index in [1.807, 2.05) is 19.1 Å². The Morgan fingerprint density at radius 2 is 2.19 bits per heavy atom. The molecule has 3 rings (SSSR count). The molecule has 3 aromatic heterocycles. The maximum absolute atomic E-state index is 10.7. The molecule has 7 heteroatoms. The SMILES string of the molecule is Cc1cc(NCc2ccc(C(=O)O)nc2)n2ncnc2c1. The molecule has 3 heterocycles. The lowest BCUT2D eigenvalue weighted by Crippen LogP contribution is -2.07. The number of pyridine rings is 2. The minimum Gasteiger partial charge on any atom is -0.477 e. The molecule has 106 valence electrons. The van der Waals surface area contributed by atoms with Gasteiger partial charge >= 0.3 is 5.97 Å². The maximum Gasteiger partial charge on any atom is 0.354 e. The van der Waals surface area contributed by atoms with E-state index in [2.05, 4.69) is 20.4 Å². The molecule has 21 heavy (non-hydrogen) atoms. The average Bonchev–Trinajstić information content (AvgIpc) is 2.93. The largest absolute Gasteiger partial charge is 0.477 e. The van der Waals surface area contributed by atoms with Crippen LogP contribution in [0.2, 0.25) is 0 Å². The molecule has 2 N–H and O–H groups in total. The highest BCUT2D eigenvalue weighted by atomic mass is 16.4. The van der Waals surface area contributed by atoms with Gasteiger partial charge in [0.15, 0.2) is 5.65 Å². The summed E-state index contributed by atoms with van der Waals surface area (Å²) in [7, 11) is 0. The van der Waals surface area contributed by atoms with Gasteiger partial charge in [-0.05, 0) is 36.2 Å². The summed E-state index contributed by atoms with van der Waals surface area (Å²) in [6.07, 6.45) is 3.05. The highest BCUT2D eigenvalue weighted by Gasteiger charge is 2.06. The van der Waals surface area contributed by atoms with Gasteiger partial charge in [0.05, 0.1) is 0 Å². The molecule has 7 nitrogen and oxygen atoms in total. The van der Waals surface area contributed by atoms with Gasteiger partial charge in [0.2, 0.25) is 0 Å². The Labute approximate surface area is 120 Å². The minimum atomic E-state index is -1.03. The lowest BCUT2D eigenvalue weighted by molar-refractivity contribution is 0.0690. The van der Waals surface area contributed by atoms with Crippen molar-refractivity contribution < 1.29 is 9.90 Å². The van der Waals surface area contributed by atoms with Crippen LogP contribution in [0.25, 0.3) is 5.65 Å². The molecule has 0 spiro atoms. The monoisotopic (exact) mass is 283 g/mol. The maximum atomic E-state index is 10.7. The van der Waals surface area contributed by atoms with Gasteiger partial charge in [0.1, 0.15) is 17.8 Å². The first-order chi connectivity index (χ1) is 10.1. The van der Waals surface area contributed by atoms with E-state index >= 15 is 0 Å². The fraction of sp³-hybridized carbons (Fsp3) is 0.143. The third-order valence-corrected chi connectivity index (χ3v) is 3.04. The molecular formula is C14H13N5O2. The number of carboxylic acid groups (broad SMARTS) is 1. The number of nitrogens with zero attached hydrogens (tertiary/aromatic N) is 4. The predicted octanol–water partition coefficient (Wildman–Crippen LogP) is 1.74. The number of aromatic nitrogens is 4. The van der Waals surface area contributed by atoms with Gasteiger partial charge in [-0.3, -0.25) is 0 Å². The molecule has 0 saturated carbocycles. The molecular weight excluding hydrogens is 270 g/mol. The highest BCUT2D eigenvalue weighted by molar-refractivity contribution is 5.85. The zero-order chi connectivity index (χ0) is 14.8. The summed E-state index contributed by atoms with van der Waals surface area (Å²) in [5.41, 5.74) is 2.77. The second kappa shape index (κ2) is 5.20. The fourth-order valence-electron chi connectivity index (χ4n) is 2.03. The Balaban J connectivity index is 1.80. The number of anilines is 1. The molecule has 3 aromatic rings. The molecule has 0 aliphatic rings. The van der Waals surface area contributed by atoms with Crippen LogP contribution in [0.15, 0.2) is 36.8 Å². The number of aryl methyl sites for hydroxylation is 1. The van der Waals surface area contributed by atoms with Crippen molar-refractivity contribution in [2.75, 3.05) is 5.32 Å². The summed E-state index contributed by atoms with van der Waals surface area (Å²) >= 11 is 0. The number of fused-ring (bicyclic) bond motifs is 1. The van der Waals surface area contributed by atoms with Crippen LogP contribution in [0.4, 0.5) is 5.82 Å². The van der Waals surface area contributed by atoms with Crippen molar-refractivity contribution in [2.45, 2.75) is 13.5 Å². The van der Waals surface area contributed by atoms with E-state index in [1.54, 1.807) is 16.8 Å². The first kappa shape index (κ1) is 13.0. The minimum absolute atomic E-state index is 0.0352. The van der Waals surface area contributed by atoms with Crippen LogP contribution in [-0.2, 0) is 6.54 Å². The Morgan fingerprint density at radius 1 is 1.33 bits per heavy atom. The summed E-state index contributed by atoms with van der Waals surface area (Å²) in [4.78, 5) is 18.8. The van der Waals surface area contributed by atoms with Crippen molar-refractivity contribution in [3.8, 4) is 0 Å². The molecule has 0 atom stereocenters. The third kappa shape index (κ3) is 2.66.